The van der Waals surface area contributed by atoms with E-state index in [1.807, 2.05) is 0 Å². The number of ketones is 1. The number of hydrogen-bond donors (Lipinski definition) is 0. The van der Waals surface area contributed by atoms with Crippen LogP contribution in [-0.4, -0.2) is 28.3 Å². The lowest BCUT2D eigenvalue weighted by atomic mass is 9.84. The Labute approximate surface area is 112 Å². The minimum atomic E-state index is -0.215. The topological polar surface area (TPSA) is 20.3 Å². The number of carbonyl (C=O) groups is 1. The highest BCUT2D eigenvalue weighted by Crippen LogP contribution is 2.46. The zero-order valence-electron chi connectivity index (χ0n) is 12.9. The second kappa shape index (κ2) is 4.33. The molecule has 0 aromatic carbocycles. The van der Waals surface area contributed by atoms with Crippen molar-refractivity contribution >= 4 is 5.78 Å². The second-order valence-electron chi connectivity index (χ2n) is 8.20. The monoisotopic (exact) mass is 251 g/mol. The summed E-state index contributed by atoms with van der Waals surface area (Å²) in [5.74, 6) is 1.20. The predicted octanol–water partition coefficient (Wildman–Crippen LogP) is 3.64. The van der Waals surface area contributed by atoms with E-state index in [4.69, 9.17) is 0 Å². The average Bonchev–Trinajstić information content (AvgIpc) is 2.70. The number of nitrogens with zero attached hydrogens (tertiary/aromatic N) is 1. The molecule has 1 saturated carbocycles. The first-order chi connectivity index (χ1) is 8.12. The number of hydrogen-bond acceptors (Lipinski definition) is 2. The lowest BCUT2D eigenvalue weighted by molar-refractivity contribution is -0.133. The number of likely N-dealkylation sites (tertiary alicyclic amines) is 1. The van der Waals surface area contributed by atoms with Gasteiger partial charge in [0, 0.05) is 17.0 Å². The number of Topliss-reactive ketones (excluding diaryl/α,β-unsaturated/α-hetero) is 1. The fourth-order valence-electron chi connectivity index (χ4n) is 3.99. The standard InChI is InChI=1S/C16H29NO/c1-15(2,3)14(18)13-10-11-8-7-9-12(11)17(13)16(4,5)6/h11-13H,7-10H2,1-6H3/t11-,12-,13+/m1/s1. The van der Waals surface area contributed by atoms with Crippen molar-refractivity contribution in [3.8, 4) is 0 Å². The van der Waals surface area contributed by atoms with Crippen LogP contribution in [0.1, 0.15) is 67.2 Å². The summed E-state index contributed by atoms with van der Waals surface area (Å²) >= 11 is 0. The summed E-state index contributed by atoms with van der Waals surface area (Å²) in [6.07, 6.45) is 5.05. The van der Waals surface area contributed by atoms with E-state index in [-0.39, 0.29) is 17.0 Å². The molecule has 2 nitrogen and oxygen atoms in total. The van der Waals surface area contributed by atoms with Crippen molar-refractivity contribution in [3.05, 3.63) is 0 Å². The van der Waals surface area contributed by atoms with E-state index in [0.29, 0.717) is 11.8 Å². The molecule has 0 spiro atoms. The fourth-order valence-corrected chi connectivity index (χ4v) is 3.99. The van der Waals surface area contributed by atoms with Crippen LogP contribution >= 0.6 is 0 Å². The molecule has 1 heterocycles. The maximum absolute atomic E-state index is 12.7. The third kappa shape index (κ3) is 2.36. The molecule has 1 saturated heterocycles. The summed E-state index contributed by atoms with van der Waals surface area (Å²) in [4.78, 5) is 15.3. The van der Waals surface area contributed by atoms with Gasteiger partial charge in [-0.3, -0.25) is 9.69 Å². The summed E-state index contributed by atoms with van der Waals surface area (Å²) in [7, 11) is 0. The van der Waals surface area contributed by atoms with Crippen LogP contribution in [0.15, 0.2) is 0 Å². The molecule has 2 rings (SSSR count). The van der Waals surface area contributed by atoms with Crippen LogP contribution < -0.4 is 0 Å². The molecule has 0 aromatic heterocycles. The maximum Gasteiger partial charge on any atom is 0.155 e. The Kier molecular flexibility index (Phi) is 3.38. The van der Waals surface area contributed by atoms with E-state index in [0.717, 1.165) is 12.3 Å². The summed E-state index contributed by atoms with van der Waals surface area (Å²) in [6, 6.07) is 0.807. The highest BCUT2D eigenvalue weighted by Gasteiger charge is 2.51. The molecule has 2 heteroatoms. The third-order valence-corrected chi connectivity index (χ3v) is 4.65. The third-order valence-electron chi connectivity index (χ3n) is 4.65. The lowest BCUT2D eigenvalue weighted by Gasteiger charge is -2.42. The van der Waals surface area contributed by atoms with E-state index < -0.39 is 0 Å². The molecule has 1 aliphatic carbocycles. The molecule has 0 bridgehead atoms. The molecule has 18 heavy (non-hydrogen) atoms. The smallest absolute Gasteiger partial charge is 0.155 e. The zero-order valence-corrected chi connectivity index (χ0v) is 12.9. The largest absolute Gasteiger partial charge is 0.297 e. The van der Waals surface area contributed by atoms with Crippen molar-refractivity contribution in [2.75, 3.05) is 0 Å². The van der Waals surface area contributed by atoms with Crippen LogP contribution in [0, 0.1) is 11.3 Å². The van der Waals surface area contributed by atoms with Crippen LogP contribution in [-0.2, 0) is 4.79 Å². The molecule has 0 radical (unpaired) electrons. The number of fused-ring (bicyclic) bond motifs is 1. The highest BCUT2D eigenvalue weighted by atomic mass is 16.1. The van der Waals surface area contributed by atoms with Crippen molar-refractivity contribution in [1.29, 1.82) is 0 Å². The van der Waals surface area contributed by atoms with Crippen LogP contribution in [0.3, 0.4) is 0 Å². The molecular formula is C16H29NO. The number of carbonyl (C=O) groups excluding carboxylic acids is 1. The average molecular weight is 251 g/mol. The Morgan fingerprint density at radius 1 is 1.06 bits per heavy atom. The van der Waals surface area contributed by atoms with Gasteiger partial charge in [0.1, 0.15) is 0 Å². The molecule has 1 aliphatic heterocycles. The van der Waals surface area contributed by atoms with Gasteiger partial charge in [-0.2, -0.15) is 0 Å². The molecule has 2 aliphatic rings. The van der Waals surface area contributed by atoms with Gasteiger partial charge in [-0.25, -0.2) is 0 Å². The number of rotatable bonds is 1. The van der Waals surface area contributed by atoms with Crippen LogP contribution in [0.25, 0.3) is 0 Å². The molecule has 0 amide bonds. The van der Waals surface area contributed by atoms with Crippen molar-refractivity contribution in [1.82, 2.24) is 4.90 Å². The van der Waals surface area contributed by atoms with Gasteiger partial charge in [-0.15, -0.1) is 0 Å². The van der Waals surface area contributed by atoms with E-state index >= 15 is 0 Å². The normalized spacial score (nSPS) is 33.8. The molecule has 2 fully saturated rings. The van der Waals surface area contributed by atoms with Gasteiger partial charge in [-0.05, 0) is 46.0 Å². The van der Waals surface area contributed by atoms with Crippen molar-refractivity contribution in [3.63, 3.8) is 0 Å². The molecule has 0 unspecified atom stereocenters. The van der Waals surface area contributed by atoms with Crippen LogP contribution in [0.4, 0.5) is 0 Å². The summed E-state index contributed by atoms with van der Waals surface area (Å²) in [5.41, 5.74) is -0.109. The summed E-state index contributed by atoms with van der Waals surface area (Å²) in [6.45, 7) is 13.0. The lowest BCUT2D eigenvalue weighted by Crippen LogP contribution is -2.53. The summed E-state index contributed by atoms with van der Waals surface area (Å²) in [5, 5.41) is 0. The van der Waals surface area contributed by atoms with Gasteiger partial charge in [0.05, 0.1) is 6.04 Å². The van der Waals surface area contributed by atoms with Gasteiger partial charge in [-0.1, -0.05) is 27.2 Å². The summed E-state index contributed by atoms with van der Waals surface area (Å²) < 4.78 is 0. The first-order valence-electron chi connectivity index (χ1n) is 7.45. The van der Waals surface area contributed by atoms with Gasteiger partial charge >= 0.3 is 0 Å². The van der Waals surface area contributed by atoms with E-state index in [1.165, 1.54) is 19.3 Å². The van der Waals surface area contributed by atoms with E-state index in [9.17, 15) is 4.79 Å². The predicted molar refractivity (Wildman–Crippen MR) is 75.6 cm³/mol. The van der Waals surface area contributed by atoms with Gasteiger partial charge < -0.3 is 0 Å². The molecule has 0 N–H and O–H groups in total. The van der Waals surface area contributed by atoms with Crippen molar-refractivity contribution < 1.29 is 4.79 Å². The van der Waals surface area contributed by atoms with Crippen LogP contribution in [0.5, 0.6) is 0 Å². The molecule has 104 valence electrons. The Morgan fingerprint density at radius 2 is 1.67 bits per heavy atom. The SMILES string of the molecule is CC(C)(C)C(=O)[C@@H]1C[C@H]2CCC[C@H]2N1C(C)(C)C. The van der Waals surface area contributed by atoms with Gasteiger partial charge in [0.2, 0.25) is 0 Å². The zero-order chi connectivity index (χ0) is 13.7. The van der Waals surface area contributed by atoms with Crippen LogP contribution in [0.2, 0.25) is 0 Å². The minimum absolute atomic E-state index is 0.106. The van der Waals surface area contributed by atoms with Crippen molar-refractivity contribution in [2.24, 2.45) is 11.3 Å². The highest BCUT2D eigenvalue weighted by molar-refractivity contribution is 5.89. The molecular weight excluding hydrogens is 222 g/mol. The molecule has 3 atom stereocenters. The first-order valence-corrected chi connectivity index (χ1v) is 7.45. The van der Waals surface area contributed by atoms with Gasteiger partial charge in [0.15, 0.2) is 5.78 Å². The Hall–Kier alpha value is -0.370. The fraction of sp³-hybridized carbons (Fsp3) is 0.938. The van der Waals surface area contributed by atoms with Gasteiger partial charge in [0.25, 0.3) is 0 Å². The van der Waals surface area contributed by atoms with Crippen molar-refractivity contribution in [2.45, 2.75) is 84.8 Å². The minimum Gasteiger partial charge on any atom is -0.297 e. The Balaban J connectivity index is 2.27. The first kappa shape index (κ1) is 14.0. The quantitative estimate of drug-likeness (QED) is 0.709. The van der Waals surface area contributed by atoms with E-state index in [2.05, 4.69) is 46.4 Å². The Bertz CT molecular complexity index is 334. The Morgan fingerprint density at radius 3 is 2.17 bits per heavy atom. The maximum atomic E-state index is 12.7. The molecule has 0 aromatic rings. The van der Waals surface area contributed by atoms with E-state index in [1.54, 1.807) is 0 Å². The second-order valence-corrected chi connectivity index (χ2v) is 8.20.